The number of benzene rings is 2. The van der Waals surface area contributed by atoms with Crippen molar-refractivity contribution in [1.82, 2.24) is 0 Å². The van der Waals surface area contributed by atoms with Crippen LogP contribution in [0.4, 0.5) is 0 Å². The minimum atomic E-state index is -5.42. The van der Waals surface area contributed by atoms with E-state index in [1.807, 2.05) is 48.5 Å². The van der Waals surface area contributed by atoms with Gasteiger partial charge in [-0.3, -0.25) is 0 Å². The standard InChI is InChI=1S/C18H20NO3.6ClH.Sb/c1-13(20)19(2)18(14-5-9-16(21-3)10-6-14)15-7-11-17(22-4)12-8-15;;;;;;;/h5-12H,1-4H3;6*1H;/q+1;;;;;;;+5/p-6. The Hall–Kier alpha value is -0.0618. The number of hydrogen-bond acceptors (Lipinski definition) is 3. The number of amides is 1. The molecule has 0 aromatic heterocycles. The van der Waals surface area contributed by atoms with Gasteiger partial charge in [0, 0.05) is 11.1 Å². The molecule has 0 aliphatic carbocycles. The molecular weight excluding hydrogens is 613 g/mol. The van der Waals surface area contributed by atoms with E-state index < -0.39 is 9.14 Å². The van der Waals surface area contributed by atoms with Crippen LogP contribution in [0.15, 0.2) is 48.5 Å². The first-order chi connectivity index (χ1) is 13.0. The van der Waals surface area contributed by atoms with Gasteiger partial charge < -0.3 is 9.47 Å². The van der Waals surface area contributed by atoms with Gasteiger partial charge in [0.2, 0.25) is 5.71 Å². The molecule has 0 atom stereocenters. The zero-order valence-electron chi connectivity index (χ0n) is 16.0. The second-order valence-corrected chi connectivity index (χ2v) is 62.7. The van der Waals surface area contributed by atoms with Gasteiger partial charge in [-0.15, -0.1) is 0 Å². The summed E-state index contributed by atoms with van der Waals surface area (Å²) in [5.74, 6) is 1.54. The molecule has 0 saturated carbocycles. The number of carbonyl (C=O) groups is 1. The third-order valence-corrected chi connectivity index (χ3v) is 3.53. The number of rotatable bonds is 4. The van der Waals surface area contributed by atoms with E-state index in [0.29, 0.717) is 0 Å². The summed E-state index contributed by atoms with van der Waals surface area (Å²) in [6.07, 6.45) is 0. The van der Waals surface area contributed by atoms with Crippen molar-refractivity contribution in [3.05, 3.63) is 59.7 Å². The van der Waals surface area contributed by atoms with Crippen LogP contribution in [0.1, 0.15) is 18.1 Å². The molecule has 0 aliphatic rings. The molecule has 0 N–H and O–H groups in total. The summed E-state index contributed by atoms with van der Waals surface area (Å²) in [6.45, 7) is 1.55. The fourth-order valence-electron chi connectivity index (χ4n) is 2.21. The van der Waals surface area contributed by atoms with E-state index in [9.17, 15) is 4.79 Å². The van der Waals surface area contributed by atoms with E-state index in [1.54, 1.807) is 32.8 Å². The summed E-state index contributed by atoms with van der Waals surface area (Å²) in [4.78, 5) is 11.8. The van der Waals surface area contributed by atoms with Crippen molar-refractivity contribution < 1.29 is 18.8 Å². The Kier molecular flexibility index (Phi) is 8.94. The van der Waals surface area contributed by atoms with Crippen LogP contribution in [-0.4, -0.2) is 46.6 Å². The molecule has 0 unspecified atom stereocenters. The molecule has 162 valence electrons. The van der Waals surface area contributed by atoms with Crippen LogP contribution in [0, 0.1) is 0 Å². The average molecular weight is 633 g/mol. The normalized spacial score (nSPS) is 13.2. The Morgan fingerprint density at radius 1 is 0.759 bits per heavy atom. The molecule has 0 fully saturated rings. The van der Waals surface area contributed by atoms with E-state index >= 15 is 0 Å². The topological polar surface area (TPSA) is 38.5 Å². The maximum absolute atomic E-state index is 11.8. The number of hydrogen-bond donors (Lipinski definition) is 0. The van der Waals surface area contributed by atoms with Crippen molar-refractivity contribution in [2.24, 2.45) is 0 Å². The van der Waals surface area contributed by atoms with E-state index in [1.165, 1.54) is 0 Å². The molecule has 0 radical (unpaired) electrons. The van der Waals surface area contributed by atoms with Crippen molar-refractivity contribution in [2.45, 2.75) is 6.92 Å². The van der Waals surface area contributed by atoms with Gasteiger partial charge in [0.15, 0.2) is 0 Å². The summed E-state index contributed by atoms with van der Waals surface area (Å²) in [7, 11) is 30.0. The second kappa shape index (κ2) is 9.61. The molecule has 2 rings (SSSR count). The SMILES string of the molecule is COc1ccc(C(c2ccc(OC)cc2)=[N+](C)C(C)=O)cc1.[Cl][Sb-]([Cl])([Cl])([Cl])([Cl])[Cl]. The van der Waals surface area contributed by atoms with Crippen LogP contribution in [0.25, 0.3) is 0 Å². The van der Waals surface area contributed by atoms with Gasteiger partial charge in [0.25, 0.3) is 0 Å². The fourth-order valence-corrected chi connectivity index (χ4v) is 2.21. The molecule has 2 aromatic carbocycles. The van der Waals surface area contributed by atoms with Crippen LogP contribution in [0.5, 0.6) is 11.5 Å². The first kappa shape index (κ1) is 27.0. The average Bonchev–Trinajstić information content (AvgIpc) is 2.60. The predicted molar refractivity (Wildman–Crippen MR) is 127 cm³/mol. The molecule has 0 spiro atoms. The van der Waals surface area contributed by atoms with Crippen LogP contribution >= 0.6 is 53.0 Å². The molecule has 11 heteroatoms. The van der Waals surface area contributed by atoms with Gasteiger partial charge in [-0.1, -0.05) is 0 Å². The zero-order chi connectivity index (χ0) is 22.5. The molecule has 0 aliphatic heterocycles. The third kappa shape index (κ3) is 11.8. The van der Waals surface area contributed by atoms with Crippen LogP contribution in [0.2, 0.25) is 0 Å². The molecular formula is C18H20Cl6NO3Sb. The summed E-state index contributed by atoms with van der Waals surface area (Å²) < 4.78 is 12.0. The van der Waals surface area contributed by atoms with Gasteiger partial charge >= 0.3 is 68.0 Å². The number of nitrogens with zero attached hydrogens (tertiary/aromatic N) is 1. The number of halogens is 6. The van der Waals surface area contributed by atoms with E-state index in [4.69, 9.17) is 62.4 Å². The van der Waals surface area contributed by atoms with Crippen LogP contribution < -0.4 is 9.47 Å². The fraction of sp³-hybridized carbons (Fsp3) is 0.222. The Morgan fingerprint density at radius 3 is 1.24 bits per heavy atom. The van der Waals surface area contributed by atoms with E-state index in [0.717, 1.165) is 28.3 Å². The van der Waals surface area contributed by atoms with Gasteiger partial charge in [-0.25, -0.2) is 4.79 Å². The number of methoxy groups -OCH3 is 2. The Morgan fingerprint density at radius 2 is 1.03 bits per heavy atom. The van der Waals surface area contributed by atoms with Crippen molar-refractivity contribution >= 4 is 73.7 Å². The van der Waals surface area contributed by atoms with Crippen molar-refractivity contribution in [2.75, 3.05) is 21.3 Å². The maximum atomic E-state index is 11.8. The van der Waals surface area contributed by atoms with Gasteiger partial charge in [-0.05, 0) is 48.5 Å². The minimum absolute atomic E-state index is 0.0263. The summed E-state index contributed by atoms with van der Waals surface area (Å²) >= 11 is 0. The first-order valence-electron chi connectivity index (χ1n) is 7.98. The predicted octanol–water partition coefficient (Wildman–Crippen LogP) is 6.49. The Bertz CT molecular complexity index is 832. The molecule has 0 bridgehead atoms. The summed E-state index contributed by atoms with van der Waals surface area (Å²) in [5, 5.41) is 0. The first-order valence-corrected chi connectivity index (χ1v) is 27.4. The quantitative estimate of drug-likeness (QED) is 0.220. The molecule has 4 nitrogen and oxygen atoms in total. The summed E-state index contributed by atoms with van der Waals surface area (Å²) in [5.41, 5.74) is 2.74. The van der Waals surface area contributed by atoms with Crippen molar-refractivity contribution in [3.8, 4) is 11.5 Å². The summed E-state index contributed by atoms with van der Waals surface area (Å²) in [6, 6.07) is 15.3. The molecule has 0 saturated heterocycles. The van der Waals surface area contributed by atoms with Crippen molar-refractivity contribution in [3.63, 3.8) is 0 Å². The van der Waals surface area contributed by atoms with E-state index in [2.05, 4.69) is 0 Å². The Balaban J connectivity index is 0.000000516. The Labute approximate surface area is 190 Å². The van der Waals surface area contributed by atoms with Crippen LogP contribution in [-0.2, 0) is 4.79 Å². The number of carbonyl (C=O) groups excluding carboxylic acids is 1. The molecule has 0 heterocycles. The van der Waals surface area contributed by atoms with Gasteiger partial charge in [-0.2, -0.15) is 4.58 Å². The van der Waals surface area contributed by atoms with Crippen molar-refractivity contribution in [1.29, 1.82) is 0 Å². The number of ether oxygens (including phenoxy) is 2. The monoisotopic (exact) mass is 629 g/mol. The molecule has 29 heavy (non-hydrogen) atoms. The van der Waals surface area contributed by atoms with Gasteiger partial charge in [0.05, 0.1) is 21.1 Å². The third-order valence-electron chi connectivity index (χ3n) is 3.53. The van der Waals surface area contributed by atoms with Crippen LogP contribution in [0.3, 0.4) is 0 Å². The second-order valence-electron chi connectivity index (χ2n) is 5.84. The zero-order valence-corrected chi connectivity index (χ0v) is 23.1. The molecule has 2 aromatic rings. The van der Waals surface area contributed by atoms with Gasteiger partial charge in [0.1, 0.15) is 18.5 Å². The van der Waals surface area contributed by atoms with E-state index in [-0.39, 0.29) is 5.91 Å². The molecule has 1 amide bonds.